The highest BCUT2D eigenvalue weighted by Crippen LogP contribution is 2.36. The third-order valence-corrected chi connectivity index (χ3v) is 11.3. The molecule has 11 nitrogen and oxygen atoms in total. The van der Waals surface area contributed by atoms with Crippen LogP contribution in [-0.4, -0.2) is 71.0 Å². The van der Waals surface area contributed by atoms with Crippen LogP contribution in [0.25, 0.3) is 26.9 Å². The summed E-state index contributed by atoms with van der Waals surface area (Å²) in [5.41, 5.74) is 4.35. The lowest BCUT2D eigenvalue weighted by molar-refractivity contribution is 0.209. The molecule has 1 saturated heterocycles. The Morgan fingerprint density at radius 2 is 1.70 bits per heavy atom. The smallest absolute Gasteiger partial charge is 0.278 e. The minimum atomic E-state index is -4.01. The van der Waals surface area contributed by atoms with Crippen LogP contribution in [-0.2, 0) is 10.0 Å². The zero-order chi connectivity index (χ0) is 32.3. The molecule has 238 valence electrons. The first-order chi connectivity index (χ1) is 22.1. The van der Waals surface area contributed by atoms with Crippen molar-refractivity contribution < 1.29 is 13.2 Å². The number of aromatic nitrogens is 4. The molecule has 2 aromatic carbocycles. The number of nitrogens with one attached hydrogen (secondary N) is 1. The highest BCUT2D eigenvalue weighted by molar-refractivity contribution is 7.90. The van der Waals surface area contributed by atoms with Gasteiger partial charge in [-0.1, -0.05) is 17.7 Å². The van der Waals surface area contributed by atoms with Crippen molar-refractivity contribution in [2.45, 2.75) is 38.6 Å². The fourth-order valence-corrected chi connectivity index (χ4v) is 8.17. The van der Waals surface area contributed by atoms with Crippen LogP contribution in [0.3, 0.4) is 0 Å². The number of piperazine rings is 1. The SMILES string of the molecule is COc1cc(N2CCN(C(C)C)CC2)c(C)cc1Nc1nc2c(ccn2S(=O)(=O)c2ccc(C)cc2)c2nc3ccsc3c(=O)n12. The molecular formula is C33H35N7O4S2. The quantitative estimate of drug-likeness (QED) is 0.241. The zero-order valence-electron chi connectivity index (χ0n) is 26.3. The molecule has 1 aliphatic heterocycles. The van der Waals surface area contributed by atoms with Gasteiger partial charge in [0.15, 0.2) is 11.3 Å². The van der Waals surface area contributed by atoms with Gasteiger partial charge in [0.05, 0.1) is 28.6 Å². The Morgan fingerprint density at radius 1 is 0.957 bits per heavy atom. The maximum absolute atomic E-state index is 13.9. The van der Waals surface area contributed by atoms with Crippen LogP contribution in [0, 0.1) is 13.8 Å². The average Bonchev–Trinajstić information content (AvgIpc) is 3.70. The molecule has 5 heterocycles. The van der Waals surface area contributed by atoms with E-state index in [2.05, 4.69) is 29.0 Å². The third kappa shape index (κ3) is 4.99. The molecule has 46 heavy (non-hydrogen) atoms. The third-order valence-electron chi connectivity index (χ3n) is 8.70. The summed E-state index contributed by atoms with van der Waals surface area (Å²) in [7, 11) is -2.40. The van der Waals surface area contributed by atoms with Crippen molar-refractivity contribution in [3.05, 3.63) is 81.6 Å². The lowest BCUT2D eigenvalue weighted by atomic mass is 10.1. The molecule has 0 bridgehead atoms. The van der Waals surface area contributed by atoms with Crippen LogP contribution in [0.1, 0.15) is 25.0 Å². The van der Waals surface area contributed by atoms with Crippen LogP contribution in [0.15, 0.2) is 69.8 Å². The van der Waals surface area contributed by atoms with Gasteiger partial charge in [-0.2, -0.15) is 4.98 Å². The number of benzene rings is 2. The van der Waals surface area contributed by atoms with Crippen molar-refractivity contribution >= 4 is 65.6 Å². The summed E-state index contributed by atoms with van der Waals surface area (Å²) in [6.07, 6.45) is 1.46. The Labute approximate surface area is 270 Å². The van der Waals surface area contributed by atoms with E-state index in [0.717, 1.165) is 47.0 Å². The molecule has 0 atom stereocenters. The molecule has 1 fully saturated rings. The summed E-state index contributed by atoms with van der Waals surface area (Å²) < 4.78 is 36.6. The van der Waals surface area contributed by atoms with E-state index in [4.69, 9.17) is 14.7 Å². The molecular weight excluding hydrogens is 623 g/mol. The summed E-state index contributed by atoms with van der Waals surface area (Å²) in [6.45, 7) is 12.2. The van der Waals surface area contributed by atoms with Gasteiger partial charge >= 0.3 is 0 Å². The van der Waals surface area contributed by atoms with E-state index >= 15 is 0 Å². The van der Waals surface area contributed by atoms with Crippen molar-refractivity contribution in [3.63, 3.8) is 0 Å². The lowest BCUT2D eigenvalue weighted by Gasteiger charge is -2.39. The van der Waals surface area contributed by atoms with Gasteiger partial charge in [-0.3, -0.25) is 9.69 Å². The Morgan fingerprint density at radius 3 is 2.39 bits per heavy atom. The highest BCUT2D eigenvalue weighted by atomic mass is 32.2. The molecule has 0 unspecified atom stereocenters. The number of hydrogen-bond acceptors (Lipinski definition) is 10. The van der Waals surface area contributed by atoms with Gasteiger partial charge in [-0.25, -0.2) is 21.8 Å². The number of hydrogen-bond donors (Lipinski definition) is 1. The number of methoxy groups -OCH3 is 1. The van der Waals surface area contributed by atoms with E-state index in [1.54, 1.807) is 43.5 Å². The lowest BCUT2D eigenvalue weighted by Crippen LogP contribution is -2.49. The van der Waals surface area contributed by atoms with Gasteiger partial charge < -0.3 is 15.0 Å². The first-order valence-electron chi connectivity index (χ1n) is 15.1. The monoisotopic (exact) mass is 657 g/mol. The Hall–Kier alpha value is -4.46. The second kappa shape index (κ2) is 11.4. The number of fused-ring (bicyclic) bond motifs is 4. The summed E-state index contributed by atoms with van der Waals surface area (Å²) in [6, 6.07) is 14.6. The van der Waals surface area contributed by atoms with Crippen LogP contribution in [0.4, 0.5) is 17.3 Å². The number of rotatable bonds is 7. The summed E-state index contributed by atoms with van der Waals surface area (Å²) in [4.78, 5) is 28.5. The summed E-state index contributed by atoms with van der Waals surface area (Å²) in [5, 5.41) is 5.57. The molecule has 7 rings (SSSR count). The van der Waals surface area contributed by atoms with Gasteiger partial charge in [-0.05, 0) is 69.0 Å². The molecule has 1 N–H and O–H groups in total. The van der Waals surface area contributed by atoms with Gasteiger partial charge in [0, 0.05) is 50.2 Å². The van der Waals surface area contributed by atoms with Gasteiger partial charge in [-0.15, -0.1) is 11.3 Å². The van der Waals surface area contributed by atoms with Crippen molar-refractivity contribution in [1.29, 1.82) is 0 Å². The largest absolute Gasteiger partial charge is 0.494 e. The minimum Gasteiger partial charge on any atom is -0.494 e. The Balaban J connectivity index is 1.38. The van der Waals surface area contributed by atoms with Crippen LogP contribution >= 0.6 is 11.3 Å². The van der Waals surface area contributed by atoms with Crippen molar-refractivity contribution in [3.8, 4) is 5.75 Å². The Kier molecular flexibility index (Phi) is 7.49. The van der Waals surface area contributed by atoms with Gasteiger partial charge in [0.2, 0.25) is 5.95 Å². The summed E-state index contributed by atoms with van der Waals surface area (Å²) >= 11 is 1.30. The number of ether oxygens (including phenoxy) is 1. The fraction of sp³-hybridized carbons (Fsp3) is 0.303. The number of nitrogens with zero attached hydrogens (tertiary/aromatic N) is 6. The molecule has 0 radical (unpaired) electrons. The predicted molar refractivity (Wildman–Crippen MR) is 184 cm³/mol. The first kappa shape index (κ1) is 30.2. The maximum atomic E-state index is 13.9. The average molecular weight is 658 g/mol. The van der Waals surface area contributed by atoms with Crippen LogP contribution in [0.2, 0.25) is 0 Å². The Bertz CT molecular complexity index is 2280. The predicted octanol–water partition coefficient (Wildman–Crippen LogP) is 5.40. The molecule has 4 aromatic heterocycles. The molecule has 6 aromatic rings. The van der Waals surface area contributed by atoms with Gasteiger partial charge in [0.1, 0.15) is 10.4 Å². The van der Waals surface area contributed by atoms with Crippen molar-refractivity contribution in [1.82, 2.24) is 23.2 Å². The second-order valence-electron chi connectivity index (χ2n) is 11.9. The molecule has 0 amide bonds. The van der Waals surface area contributed by atoms with E-state index < -0.39 is 10.0 Å². The fourth-order valence-electron chi connectivity index (χ4n) is 6.12. The van der Waals surface area contributed by atoms with E-state index in [1.807, 2.05) is 31.4 Å². The number of thiophene rings is 1. The minimum absolute atomic E-state index is 0.130. The summed E-state index contributed by atoms with van der Waals surface area (Å²) in [5.74, 6) is 0.702. The standard InChI is InChI=1S/C33H35N7O4S2/c1-20(2)37-13-15-38(16-14-37)27-19-28(44-5)26(18-22(27)4)35-33-36-30-24(31-34-25-11-17-45-29(25)32(41)40(31)33)10-12-39(30)46(42,43)23-8-6-21(3)7-9-23/h6-12,17-20H,13-16H2,1-5H3,(H,35,36). The number of aryl methyl sites for hydroxylation is 2. The van der Waals surface area contributed by atoms with Crippen molar-refractivity contribution in [2.75, 3.05) is 43.5 Å². The van der Waals surface area contributed by atoms with Gasteiger partial charge in [0.25, 0.3) is 15.6 Å². The molecule has 1 aliphatic rings. The van der Waals surface area contributed by atoms with E-state index in [0.29, 0.717) is 38.7 Å². The zero-order valence-corrected chi connectivity index (χ0v) is 27.9. The molecule has 13 heteroatoms. The normalized spacial score (nSPS) is 14.6. The second-order valence-corrected chi connectivity index (χ2v) is 14.6. The van der Waals surface area contributed by atoms with E-state index in [9.17, 15) is 13.2 Å². The first-order valence-corrected chi connectivity index (χ1v) is 17.5. The number of anilines is 3. The maximum Gasteiger partial charge on any atom is 0.278 e. The van der Waals surface area contributed by atoms with Crippen molar-refractivity contribution in [2.24, 2.45) is 0 Å². The molecule has 0 saturated carbocycles. The van der Waals surface area contributed by atoms with E-state index in [1.165, 1.54) is 21.9 Å². The highest BCUT2D eigenvalue weighted by Gasteiger charge is 2.25. The molecule has 0 spiro atoms. The molecule has 0 aliphatic carbocycles. The van der Waals surface area contributed by atoms with Crippen LogP contribution in [0.5, 0.6) is 5.75 Å². The topological polar surface area (TPSA) is 114 Å². The van der Waals surface area contributed by atoms with E-state index in [-0.39, 0.29) is 22.1 Å². The van der Waals surface area contributed by atoms with Crippen LogP contribution < -0.4 is 20.5 Å².